The van der Waals surface area contributed by atoms with Crippen molar-refractivity contribution in [2.24, 2.45) is 5.92 Å². The number of esters is 1. The van der Waals surface area contributed by atoms with Crippen LogP contribution < -0.4 is 15.3 Å². The largest absolute Gasteiger partial charge is 0.459 e. The maximum atomic E-state index is 14.3. The molecule has 4 rings (SSSR count). The van der Waals surface area contributed by atoms with Gasteiger partial charge in [-0.2, -0.15) is 5.09 Å². The van der Waals surface area contributed by atoms with Crippen LogP contribution in [0.1, 0.15) is 60.3 Å². The molecular formula is C31H42N5O6P. The summed E-state index contributed by atoms with van der Waals surface area (Å²) >= 11 is 0. The van der Waals surface area contributed by atoms with Gasteiger partial charge in [-0.1, -0.05) is 50.2 Å². The number of nitrogens with zero attached hydrogens (tertiary/aromatic N) is 3. The van der Waals surface area contributed by atoms with Gasteiger partial charge in [0.15, 0.2) is 5.82 Å². The molecule has 0 radical (unpaired) electrons. The number of carbonyl (C=O) groups excluding carboxylic acids is 1. The van der Waals surface area contributed by atoms with Gasteiger partial charge in [0, 0.05) is 12.0 Å². The number of rotatable bonds is 13. The van der Waals surface area contributed by atoms with Crippen LogP contribution in [-0.4, -0.2) is 45.4 Å². The van der Waals surface area contributed by atoms with Crippen LogP contribution in [0.5, 0.6) is 5.75 Å². The lowest BCUT2D eigenvalue weighted by molar-refractivity contribution is -0.156. The highest BCUT2D eigenvalue weighted by molar-refractivity contribution is 7.52. The SMILES string of the molecule is CCOCc1nc2c(N)nc3ccccc3c2n1[C@@H](CO[P@@](=O)(N[C@@H](C)C(=O)OC(C)(C)C)Oc1ccccc1)C(C)C. The average molecular weight is 612 g/mol. The van der Waals surface area contributed by atoms with Gasteiger partial charge in [0.2, 0.25) is 0 Å². The van der Waals surface area contributed by atoms with Gasteiger partial charge >= 0.3 is 13.7 Å². The lowest BCUT2D eigenvalue weighted by Gasteiger charge is -2.29. The van der Waals surface area contributed by atoms with Gasteiger partial charge in [0.1, 0.15) is 35.3 Å². The highest BCUT2D eigenvalue weighted by Gasteiger charge is 2.36. The Morgan fingerprint density at radius 1 is 1.05 bits per heavy atom. The topological polar surface area (TPSA) is 140 Å². The van der Waals surface area contributed by atoms with Crippen molar-refractivity contribution in [1.29, 1.82) is 0 Å². The number of nitrogens with two attached hydrogens (primary N) is 1. The number of hydrogen-bond donors (Lipinski definition) is 2. The Kier molecular flexibility index (Phi) is 10.1. The van der Waals surface area contributed by atoms with E-state index in [4.69, 9.17) is 29.2 Å². The minimum absolute atomic E-state index is 0.0145. The Labute approximate surface area is 252 Å². The molecule has 0 spiro atoms. The van der Waals surface area contributed by atoms with Gasteiger partial charge in [-0.15, -0.1) is 0 Å². The summed E-state index contributed by atoms with van der Waals surface area (Å²) < 4.78 is 39.7. The molecule has 0 aliphatic heterocycles. The summed E-state index contributed by atoms with van der Waals surface area (Å²) in [7, 11) is -4.12. The number of anilines is 1. The standard InChI is InChI=1S/C31H42N5O6P/c1-8-39-19-26-34-27-28(23-16-12-13-17-24(23)33-29(27)32)36(26)25(20(2)3)18-40-43(38,42-22-14-10-9-11-15-22)35-21(4)30(37)41-31(5,6)7/h9-17,20-21,25H,8,18-19H2,1-7H3,(H2,32,33)(H,35,38)/t21-,25-,43-/m0/s1. The number of imidazole rings is 1. The highest BCUT2D eigenvalue weighted by Crippen LogP contribution is 2.46. The van der Waals surface area contributed by atoms with Crippen molar-refractivity contribution in [3.63, 3.8) is 0 Å². The number of nitrogens with one attached hydrogen (secondary N) is 1. The minimum Gasteiger partial charge on any atom is -0.459 e. The van der Waals surface area contributed by atoms with Crippen LogP contribution in [-0.2, 0) is 30.0 Å². The fourth-order valence-corrected chi connectivity index (χ4v) is 6.16. The first-order chi connectivity index (χ1) is 20.3. The van der Waals surface area contributed by atoms with E-state index >= 15 is 0 Å². The fourth-order valence-electron chi connectivity index (χ4n) is 4.65. The summed E-state index contributed by atoms with van der Waals surface area (Å²) in [5.74, 6) is 0.671. The second-order valence-corrected chi connectivity index (χ2v) is 13.3. The van der Waals surface area contributed by atoms with Gasteiger partial charge < -0.3 is 24.3 Å². The van der Waals surface area contributed by atoms with E-state index in [-0.39, 0.29) is 25.2 Å². The number of carbonyl (C=O) groups is 1. The van der Waals surface area contributed by atoms with Crippen LogP contribution >= 0.6 is 7.75 Å². The van der Waals surface area contributed by atoms with Crippen LogP contribution in [0.25, 0.3) is 21.9 Å². The maximum Gasteiger partial charge on any atom is 0.459 e. The van der Waals surface area contributed by atoms with Crippen LogP contribution in [0, 0.1) is 5.92 Å². The second-order valence-electron chi connectivity index (χ2n) is 11.6. The summed E-state index contributed by atoms with van der Waals surface area (Å²) in [5, 5.41) is 3.65. The quantitative estimate of drug-likeness (QED) is 0.128. The van der Waals surface area contributed by atoms with Gasteiger partial charge in [0.25, 0.3) is 0 Å². The van der Waals surface area contributed by atoms with Gasteiger partial charge in [-0.25, -0.2) is 14.5 Å². The second kappa shape index (κ2) is 13.4. The zero-order valence-electron chi connectivity index (χ0n) is 25.9. The summed E-state index contributed by atoms with van der Waals surface area (Å²) in [6.07, 6.45) is 0. The van der Waals surface area contributed by atoms with Crippen molar-refractivity contribution in [2.45, 2.75) is 72.8 Å². The fraction of sp³-hybridized carbons (Fsp3) is 0.452. The van der Waals surface area contributed by atoms with Crippen molar-refractivity contribution in [2.75, 3.05) is 18.9 Å². The molecule has 0 aliphatic carbocycles. The number of aromatic nitrogens is 3. The maximum absolute atomic E-state index is 14.3. The molecule has 11 nitrogen and oxygen atoms in total. The Balaban J connectivity index is 1.75. The molecule has 4 aromatic rings. The molecule has 3 atom stereocenters. The van der Waals surface area contributed by atoms with Crippen LogP contribution in [0.15, 0.2) is 54.6 Å². The molecule has 2 heterocycles. The first kappa shape index (κ1) is 32.4. The highest BCUT2D eigenvalue weighted by atomic mass is 31.2. The lowest BCUT2D eigenvalue weighted by Crippen LogP contribution is -2.39. The Hall–Kier alpha value is -3.50. The molecule has 0 amide bonds. The predicted octanol–water partition coefficient (Wildman–Crippen LogP) is 6.42. The zero-order valence-corrected chi connectivity index (χ0v) is 26.8. The number of ether oxygens (including phenoxy) is 2. The van der Waals surface area contributed by atoms with Gasteiger partial charge in [-0.3, -0.25) is 9.32 Å². The van der Waals surface area contributed by atoms with E-state index in [0.29, 0.717) is 29.5 Å². The molecule has 232 valence electrons. The number of benzene rings is 2. The molecule has 0 aliphatic rings. The first-order valence-corrected chi connectivity index (χ1v) is 16.0. The molecule has 0 saturated carbocycles. The summed E-state index contributed by atoms with van der Waals surface area (Å²) in [5.41, 5.74) is 7.73. The zero-order chi connectivity index (χ0) is 31.4. The molecule has 0 unspecified atom stereocenters. The predicted molar refractivity (Wildman–Crippen MR) is 168 cm³/mol. The molecule has 0 bridgehead atoms. The molecule has 0 saturated heterocycles. The third kappa shape index (κ3) is 7.92. The van der Waals surface area contributed by atoms with E-state index in [1.165, 1.54) is 0 Å². The van der Waals surface area contributed by atoms with E-state index in [2.05, 4.69) is 10.1 Å². The third-order valence-electron chi connectivity index (χ3n) is 6.66. The summed E-state index contributed by atoms with van der Waals surface area (Å²) in [6, 6.07) is 15.0. The van der Waals surface area contributed by atoms with Gasteiger partial charge in [-0.05, 0) is 58.7 Å². The van der Waals surface area contributed by atoms with Crippen LogP contribution in [0.2, 0.25) is 0 Å². The summed E-state index contributed by atoms with van der Waals surface area (Å²) in [4.78, 5) is 22.2. The van der Waals surface area contributed by atoms with Gasteiger partial charge in [0.05, 0.1) is 23.7 Å². The Bertz CT molecular complexity index is 1600. The normalized spacial score (nSPS) is 15.0. The molecular weight excluding hydrogens is 569 g/mol. The molecule has 2 aromatic heterocycles. The molecule has 12 heteroatoms. The number of hydrogen-bond acceptors (Lipinski definition) is 9. The first-order valence-electron chi connectivity index (χ1n) is 14.4. The van der Waals surface area contributed by atoms with Crippen LogP contribution in [0.4, 0.5) is 5.82 Å². The van der Waals surface area contributed by atoms with Crippen LogP contribution in [0.3, 0.4) is 0 Å². The van der Waals surface area contributed by atoms with E-state index in [9.17, 15) is 9.36 Å². The minimum atomic E-state index is -4.12. The number of fused-ring (bicyclic) bond motifs is 3. The van der Waals surface area contributed by atoms with E-state index < -0.39 is 25.4 Å². The molecule has 0 fully saturated rings. The van der Waals surface area contributed by atoms with E-state index in [0.717, 1.165) is 16.4 Å². The van der Waals surface area contributed by atoms with Crippen molar-refractivity contribution in [1.82, 2.24) is 19.6 Å². The van der Waals surface area contributed by atoms with Crippen molar-refractivity contribution in [3.8, 4) is 5.75 Å². The molecule has 2 aromatic carbocycles. The van der Waals surface area contributed by atoms with Crippen molar-refractivity contribution >= 4 is 41.5 Å². The Morgan fingerprint density at radius 2 is 1.72 bits per heavy atom. The Morgan fingerprint density at radius 3 is 2.37 bits per heavy atom. The third-order valence-corrected chi connectivity index (χ3v) is 8.30. The molecule has 43 heavy (non-hydrogen) atoms. The number of nitrogen functional groups attached to an aromatic ring is 1. The lowest BCUT2D eigenvalue weighted by atomic mass is 10.0. The number of pyridine rings is 1. The smallest absolute Gasteiger partial charge is 0.459 e. The average Bonchev–Trinajstić information content (AvgIpc) is 3.31. The summed E-state index contributed by atoms with van der Waals surface area (Å²) in [6.45, 7) is 13.5. The van der Waals surface area contributed by atoms with Crippen molar-refractivity contribution < 1.29 is 27.9 Å². The monoisotopic (exact) mass is 611 g/mol. The number of para-hydroxylation sites is 2. The van der Waals surface area contributed by atoms with E-state index in [1.54, 1.807) is 52.0 Å². The van der Waals surface area contributed by atoms with Crippen molar-refractivity contribution in [3.05, 3.63) is 60.4 Å². The van der Waals surface area contributed by atoms with E-state index in [1.807, 2.05) is 55.7 Å². The molecule has 3 N–H and O–H groups in total.